The molecule has 1 saturated heterocycles. The van der Waals surface area contributed by atoms with Gasteiger partial charge in [0.05, 0.1) is 5.69 Å². The van der Waals surface area contributed by atoms with Crippen molar-refractivity contribution >= 4 is 11.6 Å². The molecule has 0 saturated carbocycles. The molecule has 134 valence electrons. The van der Waals surface area contributed by atoms with E-state index in [0.717, 1.165) is 60.8 Å². The molecule has 1 fully saturated rings. The molecule has 3 aromatic rings. The predicted octanol–water partition coefficient (Wildman–Crippen LogP) is 1.70. The molecular weight excluding hydrogens is 328 g/mol. The van der Waals surface area contributed by atoms with Crippen molar-refractivity contribution in [3.8, 4) is 5.82 Å². The number of aromatic nitrogens is 6. The second-order valence-electron chi connectivity index (χ2n) is 6.51. The third-order valence-electron chi connectivity index (χ3n) is 4.55. The van der Waals surface area contributed by atoms with E-state index < -0.39 is 0 Å². The molecule has 0 N–H and O–H groups in total. The van der Waals surface area contributed by atoms with Gasteiger partial charge in [0.15, 0.2) is 5.82 Å². The van der Waals surface area contributed by atoms with Crippen molar-refractivity contribution in [2.75, 3.05) is 36.0 Å². The van der Waals surface area contributed by atoms with E-state index in [-0.39, 0.29) is 0 Å². The van der Waals surface area contributed by atoms with Gasteiger partial charge < -0.3 is 9.80 Å². The Morgan fingerprint density at radius 2 is 1.50 bits per heavy atom. The number of hydrogen-bond donors (Lipinski definition) is 0. The van der Waals surface area contributed by atoms with Crippen molar-refractivity contribution in [2.24, 2.45) is 0 Å². The van der Waals surface area contributed by atoms with E-state index in [1.807, 2.05) is 49.8 Å². The number of rotatable bonds is 3. The highest BCUT2D eigenvalue weighted by Gasteiger charge is 2.20. The lowest BCUT2D eigenvalue weighted by atomic mass is 10.3. The van der Waals surface area contributed by atoms with Crippen LogP contribution in [0.5, 0.6) is 0 Å². The molecule has 1 aliphatic heterocycles. The monoisotopic (exact) mass is 350 g/mol. The fourth-order valence-electron chi connectivity index (χ4n) is 3.27. The molecule has 8 heteroatoms. The molecule has 0 unspecified atom stereocenters. The number of nitrogens with zero attached hydrogens (tertiary/aromatic N) is 8. The van der Waals surface area contributed by atoms with Crippen LogP contribution in [-0.4, -0.2) is 55.9 Å². The van der Waals surface area contributed by atoms with Crippen molar-refractivity contribution in [1.29, 1.82) is 0 Å². The average Bonchev–Trinajstić information content (AvgIpc) is 3.00. The zero-order chi connectivity index (χ0) is 18.1. The van der Waals surface area contributed by atoms with E-state index in [2.05, 4.69) is 34.8 Å². The third kappa shape index (κ3) is 3.22. The van der Waals surface area contributed by atoms with Gasteiger partial charge in [-0.2, -0.15) is 5.10 Å². The van der Waals surface area contributed by atoms with Crippen LogP contribution in [0.25, 0.3) is 5.82 Å². The first-order chi connectivity index (χ1) is 12.6. The van der Waals surface area contributed by atoms with E-state index >= 15 is 0 Å². The topological polar surface area (TPSA) is 75.9 Å². The van der Waals surface area contributed by atoms with Crippen LogP contribution < -0.4 is 9.80 Å². The third-order valence-corrected chi connectivity index (χ3v) is 4.55. The zero-order valence-corrected chi connectivity index (χ0v) is 15.3. The van der Waals surface area contributed by atoms with Crippen LogP contribution in [0.4, 0.5) is 11.6 Å². The molecule has 0 spiro atoms. The lowest BCUT2D eigenvalue weighted by molar-refractivity contribution is 0.638. The second kappa shape index (κ2) is 6.70. The Labute approximate surface area is 152 Å². The normalized spacial score (nSPS) is 14.7. The lowest BCUT2D eigenvalue weighted by Gasteiger charge is -2.36. The van der Waals surface area contributed by atoms with Gasteiger partial charge in [0.25, 0.3) is 0 Å². The van der Waals surface area contributed by atoms with Gasteiger partial charge in [-0.3, -0.25) is 0 Å². The molecule has 1 aliphatic rings. The highest BCUT2D eigenvalue weighted by atomic mass is 15.3. The van der Waals surface area contributed by atoms with Crippen molar-refractivity contribution in [3.05, 3.63) is 47.9 Å². The van der Waals surface area contributed by atoms with Crippen LogP contribution in [0.3, 0.4) is 0 Å². The molecule has 3 aromatic heterocycles. The Kier molecular flexibility index (Phi) is 4.24. The minimum absolute atomic E-state index is 0.800. The van der Waals surface area contributed by atoms with Gasteiger partial charge >= 0.3 is 0 Å². The molecule has 0 bridgehead atoms. The maximum atomic E-state index is 4.52. The van der Waals surface area contributed by atoms with Crippen molar-refractivity contribution in [2.45, 2.75) is 20.8 Å². The first-order valence-electron chi connectivity index (χ1n) is 8.75. The van der Waals surface area contributed by atoms with Crippen LogP contribution in [0.1, 0.15) is 17.2 Å². The number of anilines is 2. The van der Waals surface area contributed by atoms with E-state index in [0.29, 0.717) is 0 Å². The molecule has 0 atom stereocenters. The second-order valence-corrected chi connectivity index (χ2v) is 6.51. The van der Waals surface area contributed by atoms with Gasteiger partial charge in [0.1, 0.15) is 23.8 Å². The van der Waals surface area contributed by atoms with Gasteiger partial charge in [0, 0.05) is 44.1 Å². The van der Waals surface area contributed by atoms with Gasteiger partial charge in [-0.1, -0.05) is 0 Å². The fourth-order valence-corrected chi connectivity index (χ4v) is 3.27. The highest BCUT2D eigenvalue weighted by Crippen LogP contribution is 2.19. The maximum absolute atomic E-state index is 4.52. The summed E-state index contributed by atoms with van der Waals surface area (Å²) in [5, 5.41) is 4.51. The molecule has 0 radical (unpaired) electrons. The van der Waals surface area contributed by atoms with Crippen LogP contribution in [0, 0.1) is 20.8 Å². The van der Waals surface area contributed by atoms with Crippen LogP contribution in [0.15, 0.2) is 30.7 Å². The van der Waals surface area contributed by atoms with E-state index in [9.17, 15) is 0 Å². The Balaban J connectivity index is 1.50. The summed E-state index contributed by atoms with van der Waals surface area (Å²) in [5.74, 6) is 3.52. The summed E-state index contributed by atoms with van der Waals surface area (Å²) < 4.78 is 1.86. The Hall–Kier alpha value is -3.03. The van der Waals surface area contributed by atoms with Gasteiger partial charge in [0.2, 0.25) is 0 Å². The molecule has 4 heterocycles. The Morgan fingerprint density at radius 1 is 0.808 bits per heavy atom. The Morgan fingerprint density at radius 3 is 2.15 bits per heavy atom. The summed E-state index contributed by atoms with van der Waals surface area (Å²) in [6, 6.07) is 6.02. The van der Waals surface area contributed by atoms with Gasteiger partial charge in [-0.25, -0.2) is 24.6 Å². The first kappa shape index (κ1) is 16.4. The number of aryl methyl sites for hydroxylation is 3. The standard InChI is InChI=1S/C18H22N8/c1-13-10-14(2)26(23-13)18-11-17(20-12-21-18)25-8-6-24(7-9-25)16-4-5-19-15(3)22-16/h4-5,10-12H,6-9H2,1-3H3. The van der Waals surface area contributed by atoms with E-state index in [4.69, 9.17) is 0 Å². The average molecular weight is 350 g/mol. The molecule has 4 rings (SSSR count). The largest absolute Gasteiger partial charge is 0.353 e. The first-order valence-corrected chi connectivity index (χ1v) is 8.75. The molecule has 0 aliphatic carbocycles. The summed E-state index contributed by atoms with van der Waals surface area (Å²) >= 11 is 0. The van der Waals surface area contributed by atoms with E-state index in [1.165, 1.54) is 0 Å². The molecule has 0 amide bonds. The smallest absolute Gasteiger partial charge is 0.159 e. The SMILES string of the molecule is Cc1cc(C)n(-c2cc(N3CCN(c4ccnc(C)n4)CC3)ncn2)n1. The molecule has 26 heavy (non-hydrogen) atoms. The van der Waals surface area contributed by atoms with Crippen LogP contribution >= 0.6 is 0 Å². The zero-order valence-electron chi connectivity index (χ0n) is 15.3. The lowest BCUT2D eigenvalue weighted by Crippen LogP contribution is -2.47. The summed E-state index contributed by atoms with van der Waals surface area (Å²) in [6.07, 6.45) is 3.43. The van der Waals surface area contributed by atoms with Gasteiger partial charge in [-0.05, 0) is 32.9 Å². The Bertz CT molecular complexity index is 911. The van der Waals surface area contributed by atoms with Gasteiger partial charge in [-0.15, -0.1) is 0 Å². The maximum Gasteiger partial charge on any atom is 0.159 e. The molecule has 8 nitrogen and oxygen atoms in total. The van der Waals surface area contributed by atoms with E-state index in [1.54, 1.807) is 6.33 Å². The number of hydrogen-bond acceptors (Lipinski definition) is 7. The quantitative estimate of drug-likeness (QED) is 0.711. The summed E-state index contributed by atoms with van der Waals surface area (Å²) in [5.41, 5.74) is 2.05. The van der Waals surface area contributed by atoms with Crippen molar-refractivity contribution < 1.29 is 0 Å². The highest BCUT2D eigenvalue weighted by molar-refractivity contribution is 5.47. The fraction of sp³-hybridized carbons (Fsp3) is 0.389. The van der Waals surface area contributed by atoms with Crippen LogP contribution in [-0.2, 0) is 0 Å². The molecular formula is C18H22N8. The molecule has 0 aromatic carbocycles. The minimum Gasteiger partial charge on any atom is -0.353 e. The summed E-state index contributed by atoms with van der Waals surface area (Å²) in [7, 11) is 0. The van der Waals surface area contributed by atoms with Crippen molar-refractivity contribution in [3.63, 3.8) is 0 Å². The number of piperazine rings is 1. The summed E-state index contributed by atoms with van der Waals surface area (Å²) in [6.45, 7) is 9.50. The van der Waals surface area contributed by atoms with Crippen molar-refractivity contribution in [1.82, 2.24) is 29.7 Å². The predicted molar refractivity (Wildman–Crippen MR) is 99.8 cm³/mol. The van der Waals surface area contributed by atoms with Crippen LogP contribution in [0.2, 0.25) is 0 Å². The summed E-state index contributed by atoms with van der Waals surface area (Å²) in [4.78, 5) is 22.1. The minimum atomic E-state index is 0.800.